The van der Waals surface area contributed by atoms with Crippen LogP contribution >= 0.6 is 0 Å². The highest BCUT2D eigenvalue weighted by Gasteiger charge is 2.34. The van der Waals surface area contributed by atoms with Gasteiger partial charge in [-0.2, -0.15) is 0 Å². The molecule has 0 radical (unpaired) electrons. The van der Waals surface area contributed by atoms with Crippen LogP contribution in [0.5, 0.6) is 0 Å². The number of benzene rings is 2. The van der Waals surface area contributed by atoms with Gasteiger partial charge in [-0.25, -0.2) is 0 Å². The summed E-state index contributed by atoms with van der Waals surface area (Å²) in [5.41, 5.74) is 4.30. The van der Waals surface area contributed by atoms with Gasteiger partial charge >= 0.3 is 0 Å². The van der Waals surface area contributed by atoms with Crippen molar-refractivity contribution in [2.75, 3.05) is 11.9 Å². The molecule has 1 aliphatic rings. The molecule has 0 spiro atoms. The molecule has 26 heavy (non-hydrogen) atoms. The van der Waals surface area contributed by atoms with Crippen LogP contribution in [0.4, 0.5) is 5.69 Å². The number of para-hydroxylation sites is 1. The van der Waals surface area contributed by atoms with Gasteiger partial charge in [-0.1, -0.05) is 62.4 Å². The van der Waals surface area contributed by atoms with Gasteiger partial charge in [-0.05, 0) is 29.5 Å². The Kier molecular flexibility index (Phi) is 5.71. The van der Waals surface area contributed by atoms with Crippen molar-refractivity contribution in [3.05, 3.63) is 65.2 Å². The third-order valence-electron chi connectivity index (χ3n) is 5.05. The average molecular weight is 350 g/mol. The van der Waals surface area contributed by atoms with Crippen molar-refractivity contribution >= 4 is 17.5 Å². The van der Waals surface area contributed by atoms with Crippen molar-refractivity contribution in [3.8, 4) is 0 Å². The minimum absolute atomic E-state index is 0.0495. The summed E-state index contributed by atoms with van der Waals surface area (Å²) >= 11 is 0. The Morgan fingerprint density at radius 3 is 2.31 bits per heavy atom. The Labute approximate surface area is 155 Å². The van der Waals surface area contributed by atoms with Crippen LogP contribution in [0.1, 0.15) is 37.0 Å². The molecule has 3 rings (SSSR count). The van der Waals surface area contributed by atoms with Gasteiger partial charge in [0.15, 0.2) is 0 Å². The summed E-state index contributed by atoms with van der Waals surface area (Å²) in [7, 11) is 0. The first-order valence-electron chi connectivity index (χ1n) is 9.35. The number of nitrogens with zero attached hydrogens (tertiary/aromatic N) is 1. The number of likely N-dealkylation sites (tertiary alicyclic amines) is 1. The lowest BCUT2D eigenvalue weighted by Gasteiger charge is -2.18. The third-order valence-corrected chi connectivity index (χ3v) is 5.05. The van der Waals surface area contributed by atoms with Crippen molar-refractivity contribution in [2.45, 2.75) is 39.7 Å². The molecule has 1 atom stereocenters. The fourth-order valence-electron chi connectivity index (χ4n) is 3.53. The summed E-state index contributed by atoms with van der Waals surface area (Å²) in [6.45, 7) is 5.22. The number of carbonyl (C=O) groups is 2. The van der Waals surface area contributed by atoms with E-state index in [2.05, 4.69) is 31.3 Å². The molecule has 1 aliphatic heterocycles. The van der Waals surface area contributed by atoms with Gasteiger partial charge in [0.25, 0.3) is 0 Å². The van der Waals surface area contributed by atoms with Crippen molar-refractivity contribution in [1.82, 2.24) is 4.90 Å². The molecule has 0 aromatic heterocycles. The first kappa shape index (κ1) is 18.2. The molecule has 0 saturated carbocycles. The molecule has 4 heteroatoms. The maximum Gasteiger partial charge on any atom is 0.229 e. The summed E-state index contributed by atoms with van der Waals surface area (Å²) < 4.78 is 0. The first-order chi connectivity index (χ1) is 12.6. The van der Waals surface area contributed by atoms with Crippen molar-refractivity contribution < 1.29 is 9.59 Å². The van der Waals surface area contributed by atoms with Crippen LogP contribution in [0.3, 0.4) is 0 Å². The zero-order valence-corrected chi connectivity index (χ0v) is 15.5. The Balaban J connectivity index is 1.69. The number of hydrogen-bond acceptors (Lipinski definition) is 2. The lowest BCUT2D eigenvalue weighted by molar-refractivity contribution is -0.128. The van der Waals surface area contributed by atoms with E-state index in [-0.39, 0.29) is 24.2 Å². The van der Waals surface area contributed by atoms with Gasteiger partial charge in [0.1, 0.15) is 0 Å². The molecule has 0 unspecified atom stereocenters. The molecule has 2 aromatic carbocycles. The minimum atomic E-state index is -0.291. The van der Waals surface area contributed by atoms with Gasteiger partial charge in [-0.15, -0.1) is 0 Å². The molecular weight excluding hydrogens is 324 g/mol. The number of carbonyl (C=O) groups excluding carboxylic acids is 2. The summed E-state index contributed by atoms with van der Waals surface area (Å²) in [6, 6.07) is 16.0. The van der Waals surface area contributed by atoms with E-state index < -0.39 is 0 Å². The number of hydrogen-bond donors (Lipinski definition) is 1. The van der Waals surface area contributed by atoms with E-state index in [1.165, 1.54) is 0 Å². The lowest BCUT2D eigenvalue weighted by Crippen LogP contribution is -2.28. The third kappa shape index (κ3) is 3.96. The van der Waals surface area contributed by atoms with Crippen LogP contribution in [0.25, 0.3) is 0 Å². The molecule has 2 aromatic rings. The summed E-state index contributed by atoms with van der Waals surface area (Å²) in [5.74, 6) is -0.293. The van der Waals surface area contributed by atoms with E-state index in [0.717, 1.165) is 35.2 Å². The van der Waals surface area contributed by atoms with E-state index in [9.17, 15) is 9.59 Å². The van der Waals surface area contributed by atoms with E-state index in [1.807, 2.05) is 36.4 Å². The highest BCUT2D eigenvalue weighted by atomic mass is 16.2. The predicted molar refractivity (Wildman–Crippen MR) is 104 cm³/mol. The Morgan fingerprint density at radius 1 is 1.04 bits per heavy atom. The van der Waals surface area contributed by atoms with Crippen LogP contribution in [0.2, 0.25) is 0 Å². The van der Waals surface area contributed by atoms with Crippen LogP contribution in [0.15, 0.2) is 48.5 Å². The molecule has 1 N–H and O–H groups in total. The lowest BCUT2D eigenvalue weighted by atomic mass is 10.0. The minimum Gasteiger partial charge on any atom is -0.338 e. The van der Waals surface area contributed by atoms with E-state index in [1.54, 1.807) is 4.90 Å². The molecule has 1 saturated heterocycles. The number of nitrogens with one attached hydrogen (secondary N) is 1. The molecular formula is C22H26N2O2. The zero-order valence-electron chi connectivity index (χ0n) is 15.5. The van der Waals surface area contributed by atoms with Gasteiger partial charge in [-0.3, -0.25) is 9.59 Å². The maximum absolute atomic E-state index is 12.8. The Bertz CT molecular complexity index is 764. The van der Waals surface area contributed by atoms with E-state index >= 15 is 0 Å². The fourth-order valence-corrected chi connectivity index (χ4v) is 3.53. The topological polar surface area (TPSA) is 49.4 Å². The van der Waals surface area contributed by atoms with Gasteiger partial charge in [0, 0.05) is 25.2 Å². The van der Waals surface area contributed by atoms with Crippen molar-refractivity contribution in [1.29, 1.82) is 0 Å². The van der Waals surface area contributed by atoms with Crippen LogP contribution in [0, 0.1) is 5.92 Å². The van der Waals surface area contributed by atoms with E-state index in [4.69, 9.17) is 0 Å². The second-order valence-corrected chi connectivity index (χ2v) is 6.81. The monoisotopic (exact) mass is 350 g/mol. The van der Waals surface area contributed by atoms with Gasteiger partial charge < -0.3 is 10.2 Å². The highest BCUT2D eigenvalue weighted by molar-refractivity contribution is 5.98. The van der Waals surface area contributed by atoms with Gasteiger partial charge in [0.05, 0.1) is 5.92 Å². The number of anilines is 1. The van der Waals surface area contributed by atoms with Crippen molar-refractivity contribution in [3.63, 3.8) is 0 Å². The van der Waals surface area contributed by atoms with E-state index in [0.29, 0.717) is 13.1 Å². The Morgan fingerprint density at radius 2 is 1.69 bits per heavy atom. The second-order valence-electron chi connectivity index (χ2n) is 6.81. The second kappa shape index (κ2) is 8.17. The van der Waals surface area contributed by atoms with Gasteiger partial charge in [0.2, 0.25) is 11.8 Å². The number of rotatable bonds is 6. The molecule has 1 heterocycles. The SMILES string of the molecule is CCc1cccc(CC)c1NC(=O)[C@H]1CC(=O)N(Cc2ccccc2)C1. The number of aryl methyl sites for hydroxylation is 2. The standard InChI is InChI=1S/C22H26N2O2/c1-3-17-11-8-12-18(4-2)21(17)23-22(26)19-13-20(25)24(15-19)14-16-9-6-5-7-10-16/h5-12,19H,3-4,13-15H2,1-2H3,(H,23,26)/t19-/m0/s1. The largest absolute Gasteiger partial charge is 0.338 e. The summed E-state index contributed by atoms with van der Waals surface area (Å²) in [4.78, 5) is 26.9. The zero-order chi connectivity index (χ0) is 18.5. The molecule has 4 nitrogen and oxygen atoms in total. The Hall–Kier alpha value is -2.62. The van der Waals surface area contributed by atoms with Crippen molar-refractivity contribution in [2.24, 2.45) is 5.92 Å². The van der Waals surface area contributed by atoms with Crippen LogP contribution in [-0.2, 0) is 29.0 Å². The molecule has 2 amide bonds. The summed E-state index contributed by atoms with van der Waals surface area (Å²) in [5, 5.41) is 3.11. The smallest absolute Gasteiger partial charge is 0.229 e. The predicted octanol–water partition coefficient (Wildman–Crippen LogP) is 3.80. The number of amides is 2. The molecule has 0 bridgehead atoms. The quantitative estimate of drug-likeness (QED) is 0.861. The van der Waals surface area contributed by atoms with Crippen LogP contribution < -0.4 is 5.32 Å². The highest BCUT2D eigenvalue weighted by Crippen LogP contribution is 2.26. The fraction of sp³-hybridized carbons (Fsp3) is 0.364. The van der Waals surface area contributed by atoms with Crippen LogP contribution in [-0.4, -0.2) is 23.3 Å². The molecule has 136 valence electrons. The maximum atomic E-state index is 12.8. The molecule has 1 fully saturated rings. The molecule has 0 aliphatic carbocycles. The normalized spacial score (nSPS) is 16.8. The average Bonchev–Trinajstić information content (AvgIpc) is 3.03. The first-order valence-corrected chi connectivity index (χ1v) is 9.35. The summed E-state index contributed by atoms with van der Waals surface area (Å²) in [6.07, 6.45) is 2.02.